The monoisotopic (exact) mass is 485 g/mol. The fourth-order valence-electron chi connectivity index (χ4n) is 5.49. The van der Waals surface area contributed by atoms with Crippen molar-refractivity contribution in [2.45, 2.75) is 51.6 Å². The summed E-state index contributed by atoms with van der Waals surface area (Å²) in [5.74, 6) is -4.10. The Hall–Kier alpha value is -3.36. The van der Waals surface area contributed by atoms with Gasteiger partial charge in [0.15, 0.2) is 11.6 Å². The molecule has 0 atom stereocenters. The molecule has 0 spiro atoms. The fourth-order valence-corrected chi connectivity index (χ4v) is 5.49. The summed E-state index contributed by atoms with van der Waals surface area (Å²) in [6.45, 7) is 0.831. The molecule has 1 aliphatic carbocycles. The Morgan fingerprint density at radius 2 is 1.80 bits per heavy atom. The lowest BCUT2D eigenvalue weighted by Gasteiger charge is -2.31. The third-order valence-electron chi connectivity index (χ3n) is 7.44. The maximum absolute atomic E-state index is 14.5. The molecule has 1 fully saturated rings. The number of hydrogen-bond donors (Lipinski definition) is 1. The van der Waals surface area contributed by atoms with Gasteiger partial charge < -0.3 is 14.6 Å². The van der Waals surface area contributed by atoms with Crippen molar-refractivity contribution in [2.75, 3.05) is 6.54 Å². The second kappa shape index (κ2) is 9.36. The van der Waals surface area contributed by atoms with Gasteiger partial charge in [0.25, 0.3) is 0 Å². The molecular formula is C26H26F3N3O3. The number of hydrogen-bond acceptors (Lipinski definition) is 3. The Labute approximate surface area is 200 Å². The number of aromatic nitrogens is 2. The van der Waals surface area contributed by atoms with E-state index in [-0.39, 0.29) is 29.9 Å². The van der Waals surface area contributed by atoms with Crippen molar-refractivity contribution in [2.24, 2.45) is 11.8 Å². The number of halogens is 3. The van der Waals surface area contributed by atoms with Crippen molar-refractivity contribution >= 4 is 22.9 Å². The number of pyridine rings is 1. The van der Waals surface area contributed by atoms with E-state index >= 15 is 0 Å². The molecule has 35 heavy (non-hydrogen) atoms. The number of aliphatic carboxylic acids is 1. The Balaban J connectivity index is 1.39. The summed E-state index contributed by atoms with van der Waals surface area (Å²) >= 11 is 0. The molecule has 1 aliphatic heterocycles. The van der Waals surface area contributed by atoms with Crippen LogP contribution in [0.5, 0.6) is 0 Å². The minimum absolute atomic E-state index is 0.00731. The van der Waals surface area contributed by atoms with Crippen LogP contribution in [0.4, 0.5) is 13.2 Å². The summed E-state index contributed by atoms with van der Waals surface area (Å²) in [4.78, 5) is 30.6. The number of carboxylic acids is 1. The number of benzene rings is 1. The molecule has 0 bridgehead atoms. The SMILES string of the molecule is O=C(C[C@H]1CC[C@H](C(=O)O)CC1)N1CCc2c(n(Cc3cc(F)c(F)cc3F)c3ncccc23)C1. The maximum Gasteiger partial charge on any atom is 0.306 e. The molecule has 0 saturated heterocycles. The van der Waals surface area contributed by atoms with Crippen molar-refractivity contribution in [1.82, 2.24) is 14.5 Å². The summed E-state index contributed by atoms with van der Waals surface area (Å²) in [6, 6.07) is 5.16. The van der Waals surface area contributed by atoms with Crippen LogP contribution in [0.15, 0.2) is 30.5 Å². The van der Waals surface area contributed by atoms with Crippen molar-refractivity contribution in [1.29, 1.82) is 0 Å². The number of carboxylic acid groups (broad SMARTS) is 1. The van der Waals surface area contributed by atoms with E-state index in [4.69, 9.17) is 0 Å². The molecule has 184 valence electrons. The number of carbonyl (C=O) groups is 2. The molecule has 2 aromatic heterocycles. The van der Waals surface area contributed by atoms with Gasteiger partial charge >= 0.3 is 5.97 Å². The van der Waals surface area contributed by atoms with E-state index in [1.807, 2.05) is 12.1 Å². The second-order valence-electron chi connectivity index (χ2n) is 9.57. The highest BCUT2D eigenvalue weighted by atomic mass is 19.2. The topological polar surface area (TPSA) is 75.4 Å². The van der Waals surface area contributed by atoms with Gasteiger partial charge in [-0.05, 0) is 61.8 Å². The molecule has 1 amide bonds. The van der Waals surface area contributed by atoms with Crippen LogP contribution < -0.4 is 0 Å². The molecule has 0 radical (unpaired) electrons. The van der Waals surface area contributed by atoms with Crippen LogP contribution in [-0.4, -0.2) is 38.0 Å². The van der Waals surface area contributed by atoms with Crippen LogP contribution in [0.1, 0.15) is 48.9 Å². The van der Waals surface area contributed by atoms with E-state index < -0.39 is 23.4 Å². The second-order valence-corrected chi connectivity index (χ2v) is 9.57. The number of amides is 1. The zero-order valence-corrected chi connectivity index (χ0v) is 19.1. The lowest BCUT2D eigenvalue weighted by atomic mass is 9.80. The van der Waals surface area contributed by atoms with Gasteiger partial charge in [-0.15, -0.1) is 0 Å². The smallest absolute Gasteiger partial charge is 0.306 e. The highest BCUT2D eigenvalue weighted by molar-refractivity contribution is 5.84. The Bertz CT molecular complexity index is 1300. The van der Waals surface area contributed by atoms with Gasteiger partial charge in [-0.25, -0.2) is 18.2 Å². The number of carbonyl (C=O) groups excluding carboxylic acids is 1. The highest BCUT2D eigenvalue weighted by Crippen LogP contribution is 2.34. The van der Waals surface area contributed by atoms with Gasteiger partial charge in [0.1, 0.15) is 11.5 Å². The van der Waals surface area contributed by atoms with Crippen LogP contribution in [-0.2, 0) is 29.1 Å². The Kier molecular flexibility index (Phi) is 6.25. The van der Waals surface area contributed by atoms with Crippen LogP contribution in [0, 0.1) is 29.3 Å². The molecule has 6 nitrogen and oxygen atoms in total. The van der Waals surface area contributed by atoms with Gasteiger partial charge in [-0.2, -0.15) is 0 Å². The lowest BCUT2D eigenvalue weighted by molar-refractivity contribution is -0.143. The molecule has 1 N–H and O–H groups in total. The van der Waals surface area contributed by atoms with Crippen LogP contribution in [0.2, 0.25) is 0 Å². The molecule has 5 rings (SSSR count). The normalized spacial score (nSPS) is 20.1. The van der Waals surface area contributed by atoms with Crippen molar-refractivity contribution in [3.05, 3.63) is 64.7 Å². The third-order valence-corrected chi connectivity index (χ3v) is 7.44. The van der Waals surface area contributed by atoms with Crippen molar-refractivity contribution in [3.8, 4) is 0 Å². The largest absolute Gasteiger partial charge is 0.481 e. The average molecular weight is 486 g/mol. The molecule has 2 aliphatic rings. The van der Waals surface area contributed by atoms with Gasteiger partial charge in [-0.1, -0.05) is 0 Å². The summed E-state index contributed by atoms with van der Waals surface area (Å²) in [5.41, 5.74) is 2.47. The average Bonchev–Trinajstić information content (AvgIpc) is 3.16. The lowest BCUT2D eigenvalue weighted by Crippen LogP contribution is -2.38. The Morgan fingerprint density at radius 1 is 1.06 bits per heavy atom. The first-order valence-corrected chi connectivity index (χ1v) is 11.9. The van der Waals surface area contributed by atoms with Gasteiger partial charge in [0.2, 0.25) is 5.91 Å². The number of rotatable bonds is 5. The third kappa shape index (κ3) is 4.51. The summed E-state index contributed by atoms with van der Waals surface area (Å²) in [5, 5.41) is 10.1. The van der Waals surface area contributed by atoms with E-state index in [1.165, 1.54) is 0 Å². The quantitative estimate of drug-likeness (QED) is 0.533. The first kappa shape index (κ1) is 23.4. The van der Waals surface area contributed by atoms with Crippen LogP contribution in [0.3, 0.4) is 0 Å². The van der Waals surface area contributed by atoms with E-state index in [2.05, 4.69) is 4.98 Å². The predicted octanol–water partition coefficient (Wildman–Crippen LogP) is 4.67. The number of nitrogens with zero attached hydrogens (tertiary/aromatic N) is 3. The zero-order valence-electron chi connectivity index (χ0n) is 19.1. The first-order chi connectivity index (χ1) is 16.8. The van der Waals surface area contributed by atoms with E-state index in [9.17, 15) is 27.9 Å². The van der Waals surface area contributed by atoms with E-state index in [0.29, 0.717) is 50.5 Å². The molecular weight excluding hydrogens is 459 g/mol. The highest BCUT2D eigenvalue weighted by Gasteiger charge is 2.31. The number of fused-ring (bicyclic) bond motifs is 3. The van der Waals surface area contributed by atoms with Crippen LogP contribution >= 0.6 is 0 Å². The van der Waals surface area contributed by atoms with E-state index in [1.54, 1.807) is 15.7 Å². The van der Waals surface area contributed by atoms with Gasteiger partial charge in [-0.3, -0.25) is 9.59 Å². The molecule has 1 aromatic carbocycles. The van der Waals surface area contributed by atoms with E-state index in [0.717, 1.165) is 35.6 Å². The molecule has 3 aromatic rings. The van der Waals surface area contributed by atoms with Crippen LogP contribution in [0.25, 0.3) is 11.0 Å². The summed E-state index contributed by atoms with van der Waals surface area (Å²) in [7, 11) is 0. The van der Waals surface area contributed by atoms with Crippen molar-refractivity contribution < 1.29 is 27.9 Å². The maximum atomic E-state index is 14.5. The molecule has 1 saturated carbocycles. The zero-order chi connectivity index (χ0) is 24.7. The minimum Gasteiger partial charge on any atom is -0.481 e. The summed E-state index contributed by atoms with van der Waals surface area (Å²) < 4.78 is 43.5. The predicted molar refractivity (Wildman–Crippen MR) is 122 cm³/mol. The van der Waals surface area contributed by atoms with Crippen molar-refractivity contribution in [3.63, 3.8) is 0 Å². The first-order valence-electron chi connectivity index (χ1n) is 11.9. The minimum atomic E-state index is -1.24. The Morgan fingerprint density at radius 3 is 2.54 bits per heavy atom. The standard InChI is InChI=1S/C26H26F3N3O3/c27-20-12-22(29)21(28)11-17(20)13-32-23-14-31(9-7-18(23)19-2-1-8-30-25(19)32)24(33)10-15-3-5-16(6-4-15)26(34)35/h1-2,8,11-12,15-16H,3-7,9-10,13-14H2,(H,34,35)/t15-,16-. The fraction of sp³-hybridized carbons (Fsp3) is 0.423. The molecule has 3 heterocycles. The summed E-state index contributed by atoms with van der Waals surface area (Å²) in [6.07, 6.45) is 5.25. The van der Waals surface area contributed by atoms with Gasteiger partial charge in [0, 0.05) is 41.9 Å². The molecule has 0 unspecified atom stereocenters. The van der Waals surface area contributed by atoms with Gasteiger partial charge in [0.05, 0.1) is 19.0 Å². The molecule has 9 heteroatoms.